The SMILES string of the molecule is CC(C)(C)c1ccc(COc2cccc(C=O)c2[N+](=O)[O-])cc1. The molecule has 0 aliphatic carbocycles. The lowest BCUT2D eigenvalue weighted by atomic mass is 9.87. The summed E-state index contributed by atoms with van der Waals surface area (Å²) in [5.41, 5.74) is 1.89. The van der Waals surface area contributed by atoms with E-state index in [2.05, 4.69) is 20.8 Å². The van der Waals surface area contributed by atoms with Crippen molar-refractivity contribution in [3.05, 3.63) is 69.3 Å². The Morgan fingerprint density at radius 1 is 1.13 bits per heavy atom. The molecule has 0 unspecified atom stereocenters. The first kappa shape index (κ1) is 16.7. The number of carbonyl (C=O) groups is 1. The zero-order valence-corrected chi connectivity index (χ0v) is 13.4. The summed E-state index contributed by atoms with van der Waals surface area (Å²) in [6.07, 6.45) is 0.461. The van der Waals surface area contributed by atoms with Gasteiger partial charge in [0, 0.05) is 0 Å². The van der Waals surface area contributed by atoms with Crippen LogP contribution in [-0.2, 0) is 12.0 Å². The first-order valence-electron chi connectivity index (χ1n) is 7.27. The lowest BCUT2D eigenvalue weighted by Gasteiger charge is -2.19. The van der Waals surface area contributed by atoms with Crippen LogP contribution in [0.3, 0.4) is 0 Å². The van der Waals surface area contributed by atoms with E-state index >= 15 is 0 Å². The number of nitrogens with zero attached hydrogens (tertiary/aromatic N) is 1. The summed E-state index contributed by atoms with van der Waals surface area (Å²) in [6.45, 7) is 6.60. The van der Waals surface area contributed by atoms with Gasteiger partial charge in [-0.25, -0.2) is 0 Å². The molecule has 0 aliphatic heterocycles. The Labute approximate surface area is 135 Å². The van der Waals surface area contributed by atoms with Gasteiger partial charge in [-0.2, -0.15) is 0 Å². The van der Waals surface area contributed by atoms with Gasteiger partial charge in [0.2, 0.25) is 0 Å². The van der Waals surface area contributed by atoms with Gasteiger partial charge in [-0.1, -0.05) is 51.1 Å². The van der Waals surface area contributed by atoms with Crippen molar-refractivity contribution in [2.24, 2.45) is 0 Å². The van der Waals surface area contributed by atoms with E-state index < -0.39 is 4.92 Å². The lowest BCUT2D eigenvalue weighted by molar-refractivity contribution is -0.386. The van der Waals surface area contributed by atoms with Gasteiger partial charge in [-0.05, 0) is 28.7 Å². The quantitative estimate of drug-likeness (QED) is 0.469. The Balaban J connectivity index is 2.18. The molecule has 5 nitrogen and oxygen atoms in total. The molecule has 0 radical (unpaired) electrons. The van der Waals surface area contributed by atoms with Crippen LogP contribution >= 0.6 is 0 Å². The van der Waals surface area contributed by atoms with Gasteiger partial charge >= 0.3 is 5.69 Å². The monoisotopic (exact) mass is 313 g/mol. The van der Waals surface area contributed by atoms with Crippen LogP contribution in [-0.4, -0.2) is 11.2 Å². The van der Waals surface area contributed by atoms with E-state index in [1.54, 1.807) is 6.07 Å². The van der Waals surface area contributed by atoms with E-state index in [-0.39, 0.29) is 29.0 Å². The van der Waals surface area contributed by atoms with Gasteiger partial charge < -0.3 is 4.74 Å². The number of nitro benzene ring substituents is 1. The van der Waals surface area contributed by atoms with Crippen molar-refractivity contribution in [3.63, 3.8) is 0 Å². The molecule has 2 aromatic carbocycles. The molecule has 0 aliphatic rings. The number of nitro groups is 1. The van der Waals surface area contributed by atoms with Crippen LogP contribution in [0.4, 0.5) is 5.69 Å². The first-order chi connectivity index (χ1) is 10.8. The summed E-state index contributed by atoms with van der Waals surface area (Å²) in [4.78, 5) is 21.5. The van der Waals surface area contributed by atoms with E-state index in [9.17, 15) is 14.9 Å². The zero-order chi connectivity index (χ0) is 17.0. The molecule has 0 aromatic heterocycles. The summed E-state index contributed by atoms with van der Waals surface area (Å²) in [5.74, 6) is 0.0968. The topological polar surface area (TPSA) is 69.4 Å². The third kappa shape index (κ3) is 3.94. The maximum absolute atomic E-state index is 11.1. The third-order valence-electron chi connectivity index (χ3n) is 3.55. The Kier molecular flexibility index (Phi) is 4.79. The molecular formula is C18H19NO4. The Bertz CT molecular complexity index is 715. The predicted octanol–water partition coefficient (Wildman–Crippen LogP) is 4.28. The van der Waals surface area contributed by atoms with Crippen LogP contribution in [0, 0.1) is 10.1 Å². The van der Waals surface area contributed by atoms with E-state index in [4.69, 9.17) is 4.74 Å². The van der Waals surface area contributed by atoms with E-state index in [0.717, 1.165) is 5.56 Å². The van der Waals surface area contributed by atoms with Crippen molar-refractivity contribution in [1.29, 1.82) is 0 Å². The molecule has 0 amide bonds. The normalized spacial score (nSPS) is 11.1. The van der Waals surface area contributed by atoms with Crippen molar-refractivity contribution < 1.29 is 14.5 Å². The second-order valence-corrected chi connectivity index (χ2v) is 6.30. The molecule has 0 heterocycles. The molecular weight excluding hydrogens is 294 g/mol. The van der Waals surface area contributed by atoms with Crippen LogP contribution in [0.25, 0.3) is 0 Å². The summed E-state index contributed by atoms with van der Waals surface area (Å²) < 4.78 is 5.55. The van der Waals surface area contributed by atoms with Gasteiger partial charge in [-0.15, -0.1) is 0 Å². The Morgan fingerprint density at radius 2 is 1.78 bits per heavy atom. The minimum Gasteiger partial charge on any atom is -0.482 e. The molecule has 23 heavy (non-hydrogen) atoms. The number of hydrogen-bond donors (Lipinski definition) is 0. The van der Waals surface area contributed by atoms with Crippen LogP contribution in [0.15, 0.2) is 42.5 Å². The van der Waals surface area contributed by atoms with Gasteiger partial charge in [0.25, 0.3) is 0 Å². The summed E-state index contributed by atoms with van der Waals surface area (Å²) in [5, 5.41) is 11.1. The summed E-state index contributed by atoms with van der Waals surface area (Å²) in [7, 11) is 0. The van der Waals surface area contributed by atoms with Crippen molar-refractivity contribution in [1.82, 2.24) is 0 Å². The zero-order valence-electron chi connectivity index (χ0n) is 13.4. The standard InChI is InChI=1S/C18H19NO4/c1-18(2,3)15-9-7-13(8-10-15)12-23-16-6-4-5-14(11-20)17(16)19(21)22/h4-11H,12H2,1-3H3. The fourth-order valence-corrected chi connectivity index (χ4v) is 2.21. The van der Waals surface area contributed by atoms with Crippen molar-refractivity contribution in [2.75, 3.05) is 0 Å². The number of hydrogen-bond acceptors (Lipinski definition) is 4. The molecule has 0 bridgehead atoms. The molecule has 0 atom stereocenters. The van der Waals surface area contributed by atoms with Crippen LogP contribution in [0.2, 0.25) is 0 Å². The molecule has 0 spiro atoms. The minimum atomic E-state index is -0.595. The maximum Gasteiger partial charge on any atom is 0.321 e. The summed E-state index contributed by atoms with van der Waals surface area (Å²) in [6, 6.07) is 12.4. The molecule has 120 valence electrons. The van der Waals surface area contributed by atoms with Crippen molar-refractivity contribution in [2.45, 2.75) is 32.8 Å². The highest BCUT2D eigenvalue weighted by atomic mass is 16.6. The number of rotatable bonds is 5. The van der Waals surface area contributed by atoms with Crippen molar-refractivity contribution >= 4 is 12.0 Å². The predicted molar refractivity (Wildman–Crippen MR) is 88.0 cm³/mol. The lowest BCUT2D eigenvalue weighted by Crippen LogP contribution is -2.10. The molecule has 0 saturated heterocycles. The smallest absolute Gasteiger partial charge is 0.321 e. The van der Waals surface area contributed by atoms with Gasteiger partial charge in [-0.3, -0.25) is 14.9 Å². The molecule has 2 rings (SSSR count). The fourth-order valence-electron chi connectivity index (χ4n) is 2.21. The molecule has 0 fully saturated rings. The highest BCUT2D eigenvalue weighted by molar-refractivity contribution is 5.83. The highest BCUT2D eigenvalue weighted by Gasteiger charge is 2.20. The Morgan fingerprint density at radius 3 is 2.30 bits per heavy atom. The Hall–Kier alpha value is -2.69. The fraction of sp³-hybridized carbons (Fsp3) is 0.278. The molecule has 0 N–H and O–H groups in total. The third-order valence-corrected chi connectivity index (χ3v) is 3.55. The van der Waals surface area contributed by atoms with Gasteiger partial charge in [0.05, 0.1) is 10.5 Å². The molecule has 5 heteroatoms. The average molecular weight is 313 g/mol. The molecule has 0 saturated carbocycles. The second-order valence-electron chi connectivity index (χ2n) is 6.30. The largest absolute Gasteiger partial charge is 0.482 e. The minimum absolute atomic E-state index is 0.00980. The highest BCUT2D eigenvalue weighted by Crippen LogP contribution is 2.30. The van der Waals surface area contributed by atoms with Crippen molar-refractivity contribution in [3.8, 4) is 5.75 Å². The number of para-hydroxylation sites is 1. The number of aldehydes is 1. The van der Waals surface area contributed by atoms with E-state index in [1.807, 2.05) is 24.3 Å². The van der Waals surface area contributed by atoms with Crippen LogP contribution in [0.1, 0.15) is 42.3 Å². The van der Waals surface area contributed by atoms with Crippen LogP contribution in [0.5, 0.6) is 5.75 Å². The first-order valence-corrected chi connectivity index (χ1v) is 7.27. The summed E-state index contributed by atoms with van der Waals surface area (Å²) >= 11 is 0. The second kappa shape index (κ2) is 6.60. The van der Waals surface area contributed by atoms with E-state index in [0.29, 0.717) is 6.29 Å². The number of carbonyl (C=O) groups excluding carboxylic acids is 1. The molecule has 2 aromatic rings. The average Bonchev–Trinajstić information content (AvgIpc) is 2.51. The van der Waals surface area contributed by atoms with Gasteiger partial charge in [0.15, 0.2) is 12.0 Å². The number of ether oxygens (including phenoxy) is 1. The van der Waals surface area contributed by atoms with Gasteiger partial charge in [0.1, 0.15) is 6.61 Å². The van der Waals surface area contributed by atoms with E-state index in [1.165, 1.54) is 17.7 Å². The van der Waals surface area contributed by atoms with Crippen LogP contribution < -0.4 is 4.74 Å². The number of benzene rings is 2. The maximum atomic E-state index is 11.1.